The normalized spacial score (nSPS) is 24.8. The molecular formula is C12H14O3. The Bertz CT molecular complexity index is 365. The number of ether oxygens (including phenoxy) is 1. The zero-order valence-electron chi connectivity index (χ0n) is 8.69. The Labute approximate surface area is 88.7 Å². The van der Waals surface area contributed by atoms with Crippen molar-refractivity contribution in [2.45, 2.75) is 18.3 Å². The van der Waals surface area contributed by atoms with Gasteiger partial charge in [0.15, 0.2) is 0 Å². The molecule has 0 aromatic heterocycles. The molecule has 3 nitrogen and oxygen atoms in total. The van der Waals surface area contributed by atoms with E-state index in [2.05, 4.69) is 0 Å². The third-order valence-corrected chi connectivity index (χ3v) is 3.23. The van der Waals surface area contributed by atoms with E-state index < -0.39 is 5.41 Å². The molecule has 1 aromatic rings. The quantitative estimate of drug-likeness (QED) is 0.810. The number of rotatable bonds is 3. The van der Waals surface area contributed by atoms with Crippen molar-refractivity contribution in [3.8, 4) is 5.75 Å². The van der Waals surface area contributed by atoms with Gasteiger partial charge in [-0.1, -0.05) is 12.1 Å². The van der Waals surface area contributed by atoms with Crippen molar-refractivity contribution in [3.63, 3.8) is 0 Å². The number of hydrogen-bond donors (Lipinski definition) is 1. The lowest BCUT2D eigenvalue weighted by Crippen LogP contribution is -2.48. The van der Waals surface area contributed by atoms with Gasteiger partial charge in [0, 0.05) is 6.42 Å². The molecule has 1 aliphatic rings. The third kappa shape index (κ3) is 1.43. The Balaban J connectivity index is 2.32. The number of carbonyl (C=O) groups is 1. The van der Waals surface area contributed by atoms with Gasteiger partial charge in [-0.2, -0.15) is 0 Å². The van der Waals surface area contributed by atoms with E-state index in [1.165, 1.54) is 0 Å². The summed E-state index contributed by atoms with van der Waals surface area (Å²) in [6.45, 7) is -0.0990. The smallest absolute Gasteiger partial charge is 0.145 e. The van der Waals surface area contributed by atoms with Crippen LogP contribution in [0, 0.1) is 0 Å². The fraction of sp³-hybridized carbons (Fsp3) is 0.417. The standard InChI is InChI=1S/C12H14O3/c1-15-10-4-2-9(3-5-10)12(8-13)7-6-11(12)14/h2-5,13H,6-8H2,1H3/t12-/m1/s1. The number of ketones is 1. The number of methoxy groups -OCH3 is 1. The second kappa shape index (κ2) is 3.66. The predicted molar refractivity (Wildman–Crippen MR) is 56.0 cm³/mol. The molecule has 0 radical (unpaired) electrons. The summed E-state index contributed by atoms with van der Waals surface area (Å²) in [4.78, 5) is 11.5. The second-order valence-electron chi connectivity index (χ2n) is 3.89. The molecule has 1 atom stereocenters. The first-order chi connectivity index (χ1) is 7.23. The minimum Gasteiger partial charge on any atom is -0.497 e. The molecule has 0 amide bonds. The van der Waals surface area contributed by atoms with E-state index >= 15 is 0 Å². The van der Waals surface area contributed by atoms with E-state index in [-0.39, 0.29) is 12.4 Å². The molecule has 0 spiro atoms. The molecule has 0 aliphatic heterocycles. The van der Waals surface area contributed by atoms with Crippen molar-refractivity contribution >= 4 is 5.78 Å². The summed E-state index contributed by atoms with van der Waals surface area (Å²) in [6.07, 6.45) is 1.32. The van der Waals surface area contributed by atoms with Gasteiger partial charge in [-0.15, -0.1) is 0 Å². The molecule has 1 aliphatic carbocycles. The Hall–Kier alpha value is -1.35. The molecule has 2 rings (SSSR count). The SMILES string of the molecule is COc1ccc([C@]2(CO)CCC2=O)cc1. The van der Waals surface area contributed by atoms with E-state index in [9.17, 15) is 9.90 Å². The molecule has 0 unspecified atom stereocenters. The molecule has 1 N–H and O–H groups in total. The van der Waals surface area contributed by atoms with Crippen molar-refractivity contribution in [1.29, 1.82) is 0 Å². The van der Waals surface area contributed by atoms with Gasteiger partial charge in [0.25, 0.3) is 0 Å². The molecule has 1 saturated carbocycles. The monoisotopic (exact) mass is 206 g/mol. The van der Waals surface area contributed by atoms with Crippen LogP contribution in [0.3, 0.4) is 0 Å². The zero-order valence-corrected chi connectivity index (χ0v) is 8.69. The predicted octanol–water partition coefficient (Wildman–Crippen LogP) is 1.29. The van der Waals surface area contributed by atoms with Crippen LogP contribution in [0.2, 0.25) is 0 Å². The summed E-state index contributed by atoms with van der Waals surface area (Å²) < 4.78 is 5.05. The van der Waals surface area contributed by atoms with Gasteiger partial charge in [-0.05, 0) is 24.1 Å². The van der Waals surface area contributed by atoms with Crippen molar-refractivity contribution in [2.24, 2.45) is 0 Å². The van der Waals surface area contributed by atoms with Gasteiger partial charge >= 0.3 is 0 Å². The summed E-state index contributed by atoms with van der Waals surface area (Å²) in [5.74, 6) is 0.897. The topological polar surface area (TPSA) is 46.5 Å². The van der Waals surface area contributed by atoms with E-state index in [1.54, 1.807) is 7.11 Å². The first kappa shape index (κ1) is 10.2. The molecule has 0 heterocycles. The minimum absolute atomic E-state index is 0.0990. The van der Waals surface area contributed by atoms with Gasteiger partial charge < -0.3 is 9.84 Å². The van der Waals surface area contributed by atoms with Crippen LogP contribution in [-0.2, 0) is 10.2 Å². The van der Waals surface area contributed by atoms with Crippen LogP contribution in [0.15, 0.2) is 24.3 Å². The fourth-order valence-electron chi connectivity index (χ4n) is 2.00. The maximum Gasteiger partial charge on any atom is 0.145 e. The van der Waals surface area contributed by atoms with Gasteiger partial charge in [0.1, 0.15) is 11.5 Å². The van der Waals surface area contributed by atoms with Gasteiger partial charge in [-0.25, -0.2) is 0 Å². The maximum atomic E-state index is 11.5. The Morgan fingerprint density at radius 3 is 2.40 bits per heavy atom. The van der Waals surface area contributed by atoms with Crippen LogP contribution in [-0.4, -0.2) is 24.6 Å². The van der Waals surface area contributed by atoms with Crippen molar-refractivity contribution in [3.05, 3.63) is 29.8 Å². The number of hydrogen-bond acceptors (Lipinski definition) is 3. The van der Waals surface area contributed by atoms with Crippen molar-refractivity contribution in [2.75, 3.05) is 13.7 Å². The molecular weight excluding hydrogens is 192 g/mol. The number of aliphatic hydroxyl groups is 1. The van der Waals surface area contributed by atoms with Crippen LogP contribution < -0.4 is 4.74 Å². The lowest BCUT2D eigenvalue weighted by molar-refractivity contribution is -0.134. The van der Waals surface area contributed by atoms with E-state index in [0.29, 0.717) is 6.42 Å². The second-order valence-corrected chi connectivity index (χ2v) is 3.89. The van der Waals surface area contributed by atoms with Crippen LogP contribution in [0.5, 0.6) is 5.75 Å². The Morgan fingerprint density at radius 1 is 1.40 bits per heavy atom. The highest BCUT2D eigenvalue weighted by Gasteiger charge is 2.46. The lowest BCUT2D eigenvalue weighted by Gasteiger charge is -2.38. The molecule has 80 valence electrons. The van der Waals surface area contributed by atoms with Gasteiger partial charge in [-0.3, -0.25) is 4.79 Å². The molecule has 1 aromatic carbocycles. The van der Waals surface area contributed by atoms with Crippen molar-refractivity contribution in [1.82, 2.24) is 0 Å². The van der Waals surface area contributed by atoms with Crippen LogP contribution in [0.25, 0.3) is 0 Å². The number of benzene rings is 1. The summed E-state index contributed by atoms with van der Waals surface area (Å²) >= 11 is 0. The van der Waals surface area contributed by atoms with Crippen LogP contribution in [0.1, 0.15) is 18.4 Å². The summed E-state index contributed by atoms with van der Waals surface area (Å²) in [7, 11) is 1.60. The fourth-order valence-corrected chi connectivity index (χ4v) is 2.00. The van der Waals surface area contributed by atoms with Gasteiger partial charge in [0.2, 0.25) is 0 Å². The zero-order chi connectivity index (χ0) is 10.9. The van der Waals surface area contributed by atoms with Crippen LogP contribution in [0.4, 0.5) is 0 Å². The number of carbonyl (C=O) groups excluding carboxylic acids is 1. The highest BCUT2D eigenvalue weighted by atomic mass is 16.5. The first-order valence-electron chi connectivity index (χ1n) is 5.01. The molecule has 3 heteroatoms. The van der Waals surface area contributed by atoms with Gasteiger partial charge in [0.05, 0.1) is 19.1 Å². The van der Waals surface area contributed by atoms with E-state index in [0.717, 1.165) is 17.7 Å². The highest BCUT2D eigenvalue weighted by Crippen LogP contribution is 2.40. The summed E-state index contributed by atoms with van der Waals surface area (Å²) in [5, 5.41) is 9.33. The van der Waals surface area contributed by atoms with Crippen LogP contribution >= 0.6 is 0 Å². The summed E-state index contributed by atoms with van der Waals surface area (Å²) in [6, 6.07) is 7.34. The average Bonchev–Trinajstić information content (AvgIpc) is 2.29. The molecule has 1 fully saturated rings. The average molecular weight is 206 g/mol. The molecule has 0 bridgehead atoms. The maximum absolute atomic E-state index is 11.5. The third-order valence-electron chi connectivity index (χ3n) is 3.23. The summed E-state index contributed by atoms with van der Waals surface area (Å²) in [5.41, 5.74) is 0.258. The molecule has 15 heavy (non-hydrogen) atoms. The lowest BCUT2D eigenvalue weighted by atomic mass is 9.64. The number of Topliss-reactive ketones (excluding diaryl/α,β-unsaturated/α-hetero) is 1. The number of aliphatic hydroxyl groups excluding tert-OH is 1. The Morgan fingerprint density at radius 2 is 2.07 bits per heavy atom. The first-order valence-corrected chi connectivity index (χ1v) is 5.01. The molecule has 0 saturated heterocycles. The highest BCUT2D eigenvalue weighted by molar-refractivity contribution is 5.96. The Kier molecular flexibility index (Phi) is 2.49. The van der Waals surface area contributed by atoms with Crippen molar-refractivity contribution < 1.29 is 14.6 Å². The van der Waals surface area contributed by atoms with E-state index in [4.69, 9.17) is 4.74 Å². The largest absolute Gasteiger partial charge is 0.497 e. The van der Waals surface area contributed by atoms with E-state index in [1.807, 2.05) is 24.3 Å². The minimum atomic E-state index is -0.633.